The van der Waals surface area contributed by atoms with Crippen molar-refractivity contribution in [3.8, 4) is 11.4 Å². The number of nitrogens with one attached hydrogen (secondary N) is 1. The predicted octanol–water partition coefficient (Wildman–Crippen LogP) is 3.37. The summed E-state index contributed by atoms with van der Waals surface area (Å²) >= 11 is 12.3. The van der Waals surface area contributed by atoms with Gasteiger partial charge in [-0.05, 0) is 36.5 Å². The number of aromatic amines is 1. The van der Waals surface area contributed by atoms with E-state index in [0.717, 1.165) is 5.56 Å². The molecule has 2 aromatic heterocycles. The summed E-state index contributed by atoms with van der Waals surface area (Å²) in [6, 6.07) is 7.14. The Kier molecular flexibility index (Phi) is 3.00. The average molecular weight is 310 g/mol. The second-order valence-electron chi connectivity index (χ2n) is 4.00. The summed E-state index contributed by atoms with van der Waals surface area (Å²) in [4.78, 5) is 19.3. The molecule has 7 heteroatoms. The lowest BCUT2D eigenvalue weighted by Gasteiger charge is -2.02. The molecule has 1 N–H and O–H groups in total. The highest BCUT2D eigenvalue weighted by molar-refractivity contribution is 7.73. The van der Waals surface area contributed by atoms with Crippen LogP contribution in [-0.2, 0) is 7.05 Å². The molecule has 1 aromatic carbocycles. The Morgan fingerprint density at radius 3 is 2.74 bits per heavy atom. The minimum Gasteiger partial charge on any atom is -0.311 e. The van der Waals surface area contributed by atoms with Crippen molar-refractivity contribution in [2.75, 3.05) is 0 Å². The third-order valence-corrected chi connectivity index (χ3v) is 4.55. The van der Waals surface area contributed by atoms with Gasteiger partial charge in [-0.2, -0.15) is 0 Å². The lowest BCUT2D eigenvalue weighted by molar-refractivity contribution is 0.937. The maximum absolute atomic E-state index is 12.0. The zero-order valence-corrected chi connectivity index (χ0v) is 12.2. The fourth-order valence-corrected chi connectivity index (χ4v) is 3.03. The van der Waals surface area contributed by atoms with Crippen LogP contribution in [0.3, 0.4) is 0 Å². The van der Waals surface area contributed by atoms with Crippen LogP contribution in [0.15, 0.2) is 29.1 Å². The highest BCUT2D eigenvalue weighted by atomic mass is 35.5. The van der Waals surface area contributed by atoms with E-state index in [-0.39, 0.29) is 5.56 Å². The number of hydrogen-bond acceptors (Lipinski definition) is 4. The summed E-state index contributed by atoms with van der Waals surface area (Å²) in [6.45, 7) is 0. The van der Waals surface area contributed by atoms with Gasteiger partial charge in [0.1, 0.15) is 10.5 Å². The van der Waals surface area contributed by atoms with Gasteiger partial charge < -0.3 is 9.55 Å². The lowest BCUT2D eigenvalue weighted by atomic mass is 10.2. The second-order valence-corrected chi connectivity index (χ2v) is 6.08. The molecule has 3 aromatic rings. The number of H-pyrrole nitrogens is 1. The SMILES string of the molecule is Cn1c(=S)sc2c(=O)[nH]c(-c3ccc(Cl)cc3)nc21. The van der Waals surface area contributed by atoms with Crippen molar-refractivity contribution in [1.29, 1.82) is 0 Å². The summed E-state index contributed by atoms with van der Waals surface area (Å²) in [6.07, 6.45) is 0. The quantitative estimate of drug-likeness (QED) is 0.701. The molecule has 0 saturated carbocycles. The monoisotopic (exact) mass is 309 g/mol. The fraction of sp³-hybridized carbons (Fsp3) is 0.0833. The van der Waals surface area contributed by atoms with Crippen molar-refractivity contribution in [2.24, 2.45) is 7.05 Å². The molecule has 3 rings (SSSR count). The van der Waals surface area contributed by atoms with E-state index in [2.05, 4.69) is 9.97 Å². The molecule has 19 heavy (non-hydrogen) atoms. The minimum absolute atomic E-state index is 0.174. The number of aryl methyl sites for hydroxylation is 1. The van der Waals surface area contributed by atoms with Crippen LogP contribution in [0.2, 0.25) is 5.02 Å². The number of rotatable bonds is 1. The predicted molar refractivity (Wildman–Crippen MR) is 80.5 cm³/mol. The molecule has 0 radical (unpaired) electrons. The van der Waals surface area contributed by atoms with Gasteiger partial charge >= 0.3 is 0 Å². The van der Waals surface area contributed by atoms with E-state index in [1.54, 1.807) is 23.7 Å². The van der Waals surface area contributed by atoms with Crippen molar-refractivity contribution >= 4 is 45.5 Å². The lowest BCUT2D eigenvalue weighted by Crippen LogP contribution is -2.09. The third-order valence-electron chi connectivity index (χ3n) is 2.76. The molecule has 0 bridgehead atoms. The Morgan fingerprint density at radius 1 is 1.37 bits per heavy atom. The van der Waals surface area contributed by atoms with Crippen molar-refractivity contribution in [3.05, 3.63) is 43.6 Å². The highest BCUT2D eigenvalue weighted by Crippen LogP contribution is 2.21. The molecule has 0 spiro atoms. The molecular weight excluding hydrogens is 302 g/mol. The van der Waals surface area contributed by atoms with Gasteiger partial charge in [0, 0.05) is 17.6 Å². The maximum atomic E-state index is 12.0. The number of benzene rings is 1. The van der Waals surface area contributed by atoms with Crippen LogP contribution in [-0.4, -0.2) is 14.5 Å². The van der Waals surface area contributed by atoms with Gasteiger partial charge in [0.15, 0.2) is 9.60 Å². The van der Waals surface area contributed by atoms with Crippen LogP contribution in [0, 0.1) is 3.95 Å². The molecule has 0 fully saturated rings. The van der Waals surface area contributed by atoms with E-state index < -0.39 is 0 Å². The Bertz CT molecular complexity index is 877. The summed E-state index contributed by atoms with van der Waals surface area (Å²) < 4.78 is 2.91. The number of halogens is 1. The summed E-state index contributed by atoms with van der Waals surface area (Å²) in [7, 11) is 1.80. The van der Waals surface area contributed by atoms with Crippen LogP contribution < -0.4 is 5.56 Å². The average Bonchev–Trinajstić information content (AvgIpc) is 2.68. The number of hydrogen-bond donors (Lipinski definition) is 1. The Balaban J connectivity index is 2.31. The molecule has 0 atom stereocenters. The Labute approximate surface area is 122 Å². The largest absolute Gasteiger partial charge is 0.311 e. The first-order valence-electron chi connectivity index (χ1n) is 5.42. The van der Waals surface area contributed by atoms with Gasteiger partial charge in [-0.1, -0.05) is 22.9 Å². The number of fused-ring (bicyclic) bond motifs is 1. The molecule has 96 valence electrons. The van der Waals surface area contributed by atoms with E-state index in [1.165, 1.54) is 11.3 Å². The first-order valence-corrected chi connectivity index (χ1v) is 7.02. The minimum atomic E-state index is -0.174. The molecule has 0 saturated heterocycles. The number of nitrogens with zero attached hydrogens (tertiary/aromatic N) is 2. The molecular formula is C12H8ClN3OS2. The summed E-state index contributed by atoms with van der Waals surface area (Å²) in [5.74, 6) is 0.512. The smallest absolute Gasteiger partial charge is 0.270 e. The molecule has 0 amide bonds. The number of aromatic nitrogens is 3. The van der Waals surface area contributed by atoms with Crippen LogP contribution in [0.1, 0.15) is 0 Å². The van der Waals surface area contributed by atoms with Crippen LogP contribution in [0.4, 0.5) is 0 Å². The summed E-state index contributed by atoms with van der Waals surface area (Å²) in [5.41, 5.74) is 1.23. The fourth-order valence-electron chi connectivity index (χ4n) is 1.76. The van der Waals surface area contributed by atoms with Crippen LogP contribution >= 0.6 is 35.2 Å². The first kappa shape index (κ1) is 12.5. The number of thiazole rings is 1. The molecule has 0 unspecified atom stereocenters. The third kappa shape index (κ3) is 2.11. The van der Waals surface area contributed by atoms with Crippen LogP contribution in [0.25, 0.3) is 21.7 Å². The van der Waals surface area contributed by atoms with Gasteiger partial charge in [-0.3, -0.25) is 4.79 Å². The van der Waals surface area contributed by atoms with Crippen molar-refractivity contribution < 1.29 is 0 Å². The van der Waals surface area contributed by atoms with Gasteiger partial charge in [-0.15, -0.1) is 0 Å². The highest BCUT2D eigenvalue weighted by Gasteiger charge is 2.10. The van der Waals surface area contributed by atoms with Crippen molar-refractivity contribution in [2.45, 2.75) is 0 Å². The van der Waals surface area contributed by atoms with E-state index in [0.29, 0.717) is 25.1 Å². The topological polar surface area (TPSA) is 50.7 Å². The van der Waals surface area contributed by atoms with E-state index in [1.807, 2.05) is 12.1 Å². The van der Waals surface area contributed by atoms with Gasteiger partial charge in [0.2, 0.25) is 0 Å². The van der Waals surface area contributed by atoms with E-state index in [9.17, 15) is 4.79 Å². The maximum Gasteiger partial charge on any atom is 0.270 e. The standard InChI is InChI=1S/C12H8ClN3OS2/c1-16-10-8(19-12(16)18)11(17)15-9(14-10)6-2-4-7(13)5-3-6/h2-5H,1H3,(H,14,15,17). The zero-order valence-electron chi connectivity index (χ0n) is 9.81. The molecule has 0 aliphatic carbocycles. The van der Waals surface area contributed by atoms with Gasteiger partial charge in [0.25, 0.3) is 5.56 Å². The first-order chi connectivity index (χ1) is 9.06. The Morgan fingerprint density at radius 2 is 2.05 bits per heavy atom. The zero-order chi connectivity index (χ0) is 13.6. The normalized spacial score (nSPS) is 11.1. The molecule has 2 heterocycles. The van der Waals surface area contributed by atoms with Crippen molar-refractivity contribution in [1.82, 2.24) is 14.5 Å². The Hall–Kier alpha value is -1.50. The van der Waals surface area contributed by atoms with Gasteiger partial charge in [0.05, 0.1) is 0 Å². The second kappa shape index (κ2) is 4.56. The van der Waals surface area contributed by atoms with Crippen molar-refractivity contribution in [3.63, 3.8) is 0 Å². The summed E-state index contributed by atoms with van der Waals surface area (Å²) in [5, 5.41) is 0.640. The van der Waals surface area contributed by atoms with E-state index >= 15 is 0 Å². The molecule has 0 aliphatic heterocycles. The van der Waals surface area contributed by atoms with Gasteiger partial charge in [-0.25, -0.2) is 4.98 Å². The molecule has 4 nitrogen and oxygen atoms in total. The molecule has 0 aliphatic rings. The van der Waals surface area contributed by atoms with Crippen LogP contribution in [0.5, 0.6) is 0 Å². The van der Waals surface area contributed by atoms with E-state index in [4.69, 9.17) is 23.8 Å².